The Kier molecular flexibility index (Phi) is 4.80. The Morgan fingerprint density at radius 1 is 1.21 bits per heavy atom. The highest BCUT2D eigenvalue weighted by molar-refractivity contribution is 9.10. The summed E-state index contributed by atoms with van der Waals surface area (Å²) in [5.74, 6) is -0.507. The van der Waals surface area contributed by atoms with E-state index in [1.165, 1.54) is 6.07 Å². The van der Waals surface area contributed by atoms with E-state index in [1.807, 2.05) is 24.3 Å². The summed E-state index contributed by atoms with van der Waals surface area (Å²) in [6, 6.07) is 11.6. The maximum absolute atomic E-state index is 13.9. The standard InChI is InChI=1S/C14H12BrClFNO/c15-9-4-6-10(7-5-9)18-13(8-19)11-2-1-3-12(16)14(11)17/h1-7,13,18-19H,8H2. The average Bonchev–Trinajstić information content (AvgIpc) is 2.42. The molecule has 0 aromatic heterocycles. The molecule has 0 amide bonds. The molecule has 2 aromatic rings. The molecule has 0 aliphatic rings. The molecule has 0 aliphatic carbocycles. The first kappa shape index (κ1) is 14.3. The van der Waals surface area contributed by atoms with Gasteiger partial charge in [-0.3, -0.25) is 0 Å². The lowest BCUT2D eigenvalue weighted by atomic mass is 10.1. The van der Waals surface area contributed by atoms with Gasteiger partial charge in [-0.1, -0.05) is 39.7 Å². The molecule has 19 heavy (non-hydrogen) atoms. The molecule has 0 aliphatic heterocycles. The van der Waals surface area contributed by atoms with Crippen LogP contribution in [-0.4, -0.2) is 11.7 Å². The normalized spacial score (nSPS) is 12.2. The van der Waals surface area contributed by atoms with Gasteiger partial charge in [0.25, 0.3) is 0 Å². The summed E-state index contributed by atoms with van der Waals surface area (Å²) in [5.41, 5.74) is 1.14. The highest BCUT2D eigenvalue weighted by Crippen LogP contribution is 2.26. The maximum Gasteiger partial charge on any atom is 0.147 e. The average molecular weight is 345 g/mol. The Morgan fingerprint density at radius 2 is 1.89 bits per heavy atom. The van der Waals surface area contributed by atoms with E-state index in [4.69, 9.17) is 11.6 Å². The second kappa shape index (κ2) is 6.37. The van der Waals surface area contributed by atoms with Gasteiger partial charge in [-0.2, -0.15) is 0 Å². The summed E-state index contributed by atoms with van der Waals surface area (Å²) in [5, 5.41) is 12.5. The van der Waals surface area contributed by atoms with Crippen LogP contribution in [0.1, 0.15) is 11.6 Å². The van der Waals surface area contributed by atoms with Gasteiger partial charge in [-0.15, -0.1) is 0 Å². The summed E-state index contributed by atoms with van der Waals surface area (Å²) in [6.45, 7) is -0.229. The second-order valence-electron chi connectivity index (χ2n) is 4.03. The lowest BCUT2D eigenvalue weighted by Gasteiger charge is -2.19. The first-order valence-electron chi connectivity index (χ1n) is 5.68. The van der Waals surface area contributed by atoms with Gasteiger partial charge < -0.3 is 10.4 Å². The van der Waals surface area contributed by atoms with Crippen LogP contribution in [0.15, 0.2) is 46.9 Å². The van der Waals surface area contributed by atoms with E-state index in [0.717, 1.165) is 10.2 Å². The zero-order chi connectivity index (χ0) is 13.8. The minimum atomic E-state index is -0.542. The zero-order valence-electron chi connectivity index (χ0n) is 9.91. The number of benzene rings is 2. The zero-order valence-corrected chi connectivity index (χ0v) is 12.2. The topological polar surface area (TPSA) is 32.3 Å². The lowest BCUT2D eigenvalue weighted by molar-refractivity contribution is 0.274. The molecule has 5 heteroatoms. The van der Waals surface area contributed by atoms with Gasteiger partial charge in [0, 0.05) is 15.7 Å². The van der Waals surface area contributed by atoms with Crippen molar-refractivity contribution >= 4 is 33.2 Å². The van der Waals surface area contributed by atoms with Crippen molar-refractivity contribution in [2.24, 2.45) is 0 Å². The van der Waals surface area contributed by atoms with Gasteiger partial charge >= 0.3 is 0 Å². The van der Waals surface area contributed by atoms with Crippen molar-refractivity contribution in [2.45, 2.75) is 6.04 Å². The van der Waals surface area contributed by atoms with Gasteiger partial charge in [0.15, 0.2) is 0 Å². The van der Waals surface area contributed by atoms with E-state index in [0.29, 0.717) is 5.56 Å². The molecule has 0 spiro atoms. The Labute approximate surface area is 124 Å². The minimum absolute atomic E-state index is 0.0496. The van der Waals surface area contributed by atoms with Gasteiger partial charge in [-0.25, -0.2) is 4.39 Å². The monoisotopic (exact) mass is 343 g/mol. The third-order valence-electron chi connectivity index (χ3n) is 2.72. The van der Waals surface area contributed by atoms with Crippen LogP contribution in [0.25, 0.3) is 0 Å². The summed E-state index contributed by atoms with van der Waals surface area (Å²) < 4.78 is 14.9. The molecule has 0 heterocycles. The molecule has 1 unspecified atom stereocenters. The molecule has 0 bridgehead atoms. The molecule has 2 nitrogen and oxygen atoms in total. The van der Waals surface area contributed by atoms with Crippen LogP contribution in [0.5, 0.6) is 0 Å². The Bertz CT molecular complexity index is 562. The number of rotatable bonds is 4. The van der Waals surface area contributed by atoms with Crippen LogP contribution >= 0.6 is 27.5 Å². The molecule has 2 aromatic carbocycles. The van der Waals surface area contributed by atoms with Crippen LogP contribution in [0.3, 0.4) is 0 Å². The minimum Gasteiger partial charge on any atom is -0.394 e. The van der Waals surface area contributed by atoms with E-state index in [-0.39, 0.29) is 11.6 Å². The van der Waals surface area contributed by atoms with Crippen molar-refractivity contribution in [1.29, 1.82) is 0 Å². The lowest BCUT2D eigenvalue weighted by Crippen LogP contribution is -2.16. The largest absolute Gasteiger partial charge is 0.394 e. The van der Waals surface area contributed by atoms with E-state index < -0.39 is 11.9 Å². The molecular weight excluding hydrogens is 333 g/mol. The molecule has 2 rings (SSSR count). The Hall–Kier alpha value is -1.10. The smallest absolute Gasteiger partial charge is 0.147 e. The summed E-state index contributed by atoms with van der Waals surface area (Å²) in [6.07, 6.45) is 0. The van der Waals surface area contributed by atoms with Crippen LogP contribution in [0, 0.1) is 5.82 Å². The van der Waals surface area contributed by atoms with E-state index in [1.54, 1.807) is 12.1 Å². The molecule has 0 saturated carbocycles. The fraction of sp³-hybridized carbons (Fsp3) is 0.143. The van der Waals surface area contributed by atoms with Crippen LogP contribution < -0.4 is 5.32 Å². The van der Waals surface area contributed by atoms with E-state index in [2.05, 4.69) is 21.2 Å². The summed E-state index contributed by atoms with van der Waals surface area (Å²) >= 11 is 9.09. The predicted molar refractivity (Wildman–Crippen MR) is 79.0 cm³/mol. The van der Waals surface area contributed by atoms with Crippen molar-refractivity contribution in [2.75, 3.05) is 11.9 Å². The van der Waals surface area contributed by atoms with E-state index in [9.17, 15) is 9.50 Å². The van der Waals surface area contributed by atoms with E-state index >= 15 is 0 Å². The van der Waals surface area contributed by atoms with Crippen molar-refractivity contribution in [3.05, 3.63) is 63.3 Å². The molecule has 0 radical (unpaired) electrons. The van der Waals surface area contributed by atoms with Crippen molar-refractivity contribution in [1.82, 2.24) is 0 Å². The van der Waals surface area contributed by atoms with Crippen molar-refractivity contribution in [3.8, 4) is 0 Å². The van der Waals surface area contributed by atoms with Crippen molar-refractivity contribution in [3.63, 3.8) is 0 Å². The van der Waals surface area contributed by atoms with Gasteiger partial charge in [0.05, 0.1) is 17.7 Å². The van der Waals surface area contributed by atoms with Gasteiger partial charge in [0.1, 0.15) is 5.82 Å². The predicted octanol–water partition coefficient (Wildman–Crippen LogP) is 4.39. The molecule has 2 N–H and O–H groups in total. The fourth-order valence-electron chi connectivity index (χ4n) is 1.76. The number of hydrogen-bond donors (Lipinski definition) is 2. The van der Waals surface area contributed by atoms with Crippen LogP contribution in [0.4, 0.5) is 10.1 Å². The number of halogens is 3. The van der Waals surface area contributed by atoms with Crippen molar-refractivity contribution < 1.29 is 9.50 Å². The van der Waals surface area contributed by atoms with Gasteiger partial charge in [-0.05, 0) is 30.3 Å². The number of anilines is 1. The molecule has 100 valence electrons. The Morgan fingerprint density at radius 3 is 2.53 bits per heavy atom. The summed E-state index contributed by atoms with van der Waals surface area (Å²) in [4.78, 5) is 0. The number of aliphatic hydroxyl groups excluding tert-OH is 1. The first-order chi connectivity index (χ1) is 9.11. The maximum atomic E-state index is 13.9. The fourth-order valence-corrected chi connectivity index (χ4v) is 2.20. The molecule has 0 saturated heterocycles. The van der Waals surface area contributed by atoms with Crippen LogP contribution in [-0.2, 0) is 0 Å². The number of aliphatic hydroxyl groups is 1. The number of hydrogen-bond acceptors (Lipinski definition) is 2. The molecule has 1 atom stereocenters. The quantitative estimate of drug-likeness (QED) is 0.862. The summed E-state index contributed by atoms with van der Waals surface area (Å²) in [7, 11) is 0. The highest BCUT2D eigenvalue weighted by Gasteiger charge is 2.16. The number of nitrogens with one attached hydrogen (secondary N) is 1. The Balaban J connectivity index is 2.25. The third-order valence-corrected chi connectivity index (χ3v) is 3.55. The SMILES string of the molecule is OCC(Nc1ccc(Br)cc1)c1cccc(Cl)c1F. The third kappa shape index (κ3) is 3.47. The first-order valence-corrected chi connectivity index (χ1v) is 6.86. The second-order valence-corrected chi connectivity index (χ2v) is 5.35. The molecular formula is C14H12BrClFNO. The molecule has 0 fully saturated rings. The van der Waals surface area contributed by atoms with Gasteiger partial charge in [0.2, 0.25) is 0 Å². The van der Waals surface area contributed by atoms with Crippen LogP contribution in [0.2, 0.25) is 5.02 Å². The highest BCUT2D eigenvalue weighted by atomic mass is 79.9.